The Bertz CT molecular complexity index is 319. The fourth-order valence-electron chi connectivity index (χ4n) is 1.41. The number of thiophene rings is 1. The molecule has 15 heavy (non-hydrogen) atoms. The van der Waals surface area contributed by atoms with Crippen molar-refractivity contribution in [2.45, 2.75) is 26.7 Å². The number of hydrogen-bond donors (Lipinski definition) is 0. The van der Waals surface area contributed by atoms with Crippen LogP contribution >= 0.6 is 11.3 Å². The van der Waals surface area contributed by atoms with Crippen molar-refractivity contribution >= 4 is 17.1 Å². The lowest BCUT2D eigenvalue weighted by molar-refractivity contribution is -0.117. The molecule has 1 rings (SSSR count). The van der Waals surface area contributed by atoms with E-state index in [0.717, 1.165) is 19.5 Å². The summed E-state index contributed by atoms with van der Waals surface area (Å²) in [7, 11) is 2.08. The zero-order chi connectivity index (χ0) is 11.3. The Hall–Kier alpha value is -0.670. The number of Topliss-reactive ketones (excluding diaryl/α,β-unsaturated/α-hetero) is 1. The summed E-state index contributed by atoms with van der Waals surface area (Å²) in [5, 5.41) is 2.14. The number of carbonyl (C=O) groups is 1. The number of likely N-dealkylation sites (N-methyl/N-ethyl adjacent to an activating group) is 1. The van der Waals surface area contributed by atoms with E-state index in [1.807, 2.05) is 11.3 Å². The van der Waals surface area contributed by atoms with Gasteiger partial charge in [-0.15, -0.1) is 11.3 Å². The summed E-state index contributed by atoms with van der Waals surface area (Å²) < 4.78 is 0. The Balaban J connectivity index is 2.25. The van der Waals surface area contributed by atoms with E-state index in [0.29, 0.717) is 6.42 Å². The largest absolute Gasteiger partial charge is 0.306 e. The third-order valence-electron chi connectivity index (χ3n) is 2.53. The molecular weight excluding hydrogens is 206 g/mol. The van der Waals surface area contributed by atoms with E-state index in [1.165, 1.54) is 10.4 Å². The number of nitrogens with zero attached hydrogens (tertiary/aromatic N) is 1. The van der Waals surface area contributed by atoms with Crippen molar-refractivity contribution in [2.24, 2.45) is 0 Å². The maximum atomic E-state index is 10.8. The fourth-order valence-corrected chi connectivity index (χ4v) is 2.31. The van der Waals surface area contributed by atoms with Gasteiger partial charge in [-0.2, -0.15) is 0 Å². The second-order valence-electron chi connectivity index (χ2n) is 4.03. The van der Waals surface area contributed by atoms with E-state index < -0.39 is 0 Å². The number of hydrogen-bond acceptors (Lipinski definition) is 3. The topological polar surface area (TPSA) is 20.3 Å². The Kier molecular flexibility index (Phi) is 4.99. The molecule has 0 aliphatic carbocycles. The third kappa shape index (κ3) is 4.58. The van der Waals surface area contributed by atoms with Gasteiger partial charge in [0.15, 0.2) is 0 Å². The van der Waals surface area contributed by atoms with Gasteiger partial charge < -0.3 is 4.90 Å². The van der Waals surface area contributed by atoms with Crippen LogP contribution in [0.2, 0.25) is 0 Å². The average Bonchev–Trinajstić information content (AvgIpc) is 2.58. The second kappa shape index (κ2) is 6.03. The van der Waals surface area contributed by atoms with Crippen LogP contribution in [0.15, 0.2) is 11.4 Å². The molecule has 84 valence electrons. The molecule has 0 N–H and O–H groups in total. The summed E-state index contributed by atoms with van der Waals surface area (Å²) in [4.78, 5) is 14.5. The smallest absolute Gasteiger partial charge is 0.131 e. The normalized spacial score (nSPS) is 10.9. The summed E-state index contributed by atoms with van der Waals surface area (Å²) in [5.74, 6) is 0.272. The third-order valence-corrected chi connectivity index (χ3v) is 3.62. The molecule has 1 aromatic rings. The van der Waals surface area contributed by atoms with Crippen LogP contribution in [0, 0.1) is 6.92 Å². The van der Waals surface area contributed by atoms with E-state index in [9.17, 15) is 4.79 Å². The Morgan fingerprint density at radius 3 is 2.73 bits per heavy atom. The molecule has 0 saturated heterocycles. The molecule has 2 nitrogen and oxygen atoms in total. The van der Waals surface area contributed by atoms with Crippen LogP contribution in [0.4, 0.5) is 0 Å². The van der Waals surface area contributed by atoms with Crippen LogP contribution < -0.4 is 0 Å². The van der Waals surface area contributed by atoms with Gasteiger partial charge >= 0.3 is 0 Å². The molecule has 1 heterocycles. The molecule has 0 spiro atoms. The Labute approximate surface area is 95.9 Å². The summed E-state index contributed by atoms with van der Waals surface area (Å²) in [5.41, 5.74) is 1.39. The minimum Gasteiger partial charge on any atom is -0.306 e. The van der Waals surface area contributed by atoms with Crippen LogP contribution in [-0.4, -0.2) is 30.8 Å². The molecule has 3 heteroatoms. The summed E-state index contributed by atoms with van der Waals surface area (Å²) >= 11 is 1.82. The lowest BCUT2D eigenvalue weighted by Gasteiger charge is -2.15. The molecule has 0 atom stereocenters. The first kappa shape index (κ1) is 12.4. The van der Waals surface area contributed by atoms with Gasteiger partial charge in [0.2, 0.25) is 0 Å². The summed E-state index contributed by atoms with van der Waals surface area (Å²) in [6.07, 6.45) is 1.76. The highest BCUT2D eigenvalue weighted by Gasteiger charge is 2.03. The van der Waals surface area contributed by atoms with Crippen molar-refractivity contribution in [2.75, 3.05) is 20.1 Å². The van der Waals surface area contributed by atoms with Crippen LogP contribution in [0.1, 0.15) is 23.8 Å². The number of rotatable bonds is 6. The standard InChI is InChI=1S/C12H19NOS/c1-10-6-9-15-12(10)5-8-13(3)7-4-11(2)14/h6,9H,4-5,7-8H2,1-3H3. The van der Waals surface area contributed by atoms with Gasteiger partial charge in [0.1, 0.15) is 5.78 Å². The molecule has 0 saturated carbocycles. The lowest BCUT2D eigenvalue weighted by Crippen LogP contribution is -2.23. The first-order chi connectivity index (χ1) is 7.09. The minimum absolute atomic E-state index is 0.272. The summed E-state index contributed by atoms with van der Waals surface area (Å²) in [6, 6.07) is 2.16. The van der Waals surface area contributed by atoms with Crippen LogP contribution in [0.25, 0.3) is 0 Å². The van der Waals surface area contributed by atoms with Crippen LogP contribution in [0.5, 0.6) is 0 Å². The maximum Gasteiger partial charge on any atom is 0.131 e. The van der Waals surface area contributed by atoms with Gasteiger partial charge in [0.05, 0.1) is 0 Å². The Morgan fingerprint density at radius 2 is 2.20 bits per heavy atom. The first-order valence-electron chi connectivity index (χ1n) is 5.30. The van der Waals surface area contributed by atoms with Crippen LogP contribution in [0.3, 0.4) is 0 Å². The Morgan fingerprint density at radius 1 is 1.47 bits per heavy atom. The van der Waals surface area contributed by atoms with Crippen molar-refractivity contribution in [3.05, 3.63) is 21.9 Å². The average molecular weight is 225 g/mol. The van der Waals surface area contributed by atoms with Gasteiger partial charge in [0.25, 0.3) is 0 Å². The minimum atomic E-state index is 0.272. The van der Waals surface area contributed by atoms with Gasteiger partial charge in [-0.25, -0.2) is 0 Å². The second-order valence-corrected chi connectivity index (χ2v) is 5.03. The van der Waals surface area contributed by atoms with Gasteiger partial charge in [-0.05, 0) is 44.3 Å². The number of ketones is 1. The molecule has 0 bridgehead atoms. The molecular formula is C12H19NOS. The lowest BCUT2D eigenvalue weighted by atomic mass is 10.2. The predicted octanol–water partition coefficient (Wildman–Crippen LogP) is 2.51. The highest BCUT2D eigenvalue weighted by molar-refractivity contribution is 7.10. The van der Waals surface area contributed by atoms with Crippen molar-refractivity contribution < 1.29 is 4.79 Å². The molecule has 0 fully saturated rings. The SMILES string of the molecule is CC(=O)CCN(C)CCc1sccc1C. The highest BCUT2D eigenvalue weighted by atomic mass is 32.1. The van der Waals surface area contributed by atoms with E-state index in [-0.39, 0.29) is 5.78 Å². The zero-order valence-corrected chi connectivity index (χ0v) is 10.6. The van der Waals surface area contributed by atoms with Gasteiger partial charge in [0, 0.05) is 24.4 Å². The van der Waals surface area contributed by atoms with Crippen LogP contribution in [-0.2, 0) is 11.2 Å². The molecule has 0 aliphatic rings. The van der Waals surface area contributed by atoms with E-state index >= 15 is 0 Å². The van der Waals surface area contributed by atoms with E-state index in [4.69, 9.17) is 0 Å². The maximum absolute atomic E-state index is 10.8. The molecule has 0 aliphatic heterocycles. The molecule has 0 amide bonds. The van der Waals surface area contributed by atoms with Gasteiger partial charge in [-0.1, -0.05) is 0 Å². The highest BCUT2D eigenvalue weighted by Crippen LogP contribution is 2.16. The number of carbonyl (C=O) groups excluding carboxylic acids is 1. The van der Waals surface area contributed by atoms with E-state index in [2.05, 4.69) is 30.3 Å². The molecule has 0 aromatic carbocycles. The quantitative estimate of drug-likeness (QED) is 0.741. The molecule has 1 aromatic heterocycles. The molecule has 0 unspecified atom stereocenters. The first-order valence-corrected chi connectivity index (χ1v) is 6.18. The summed E-state index contributed by atoms with van der Waals surface area (Å²) in [6.45, 7) is 5.72. The number of aryl methyl sites for hydroxylation is 1. The van der Waals surface area contributed by atoms with Crippen molar-refractivity contribution in [3.8, 4) is 0 Å². The predicted molar refractivity (Wildman–Crippen MR) is 65.6 cm³/mol. The van der Waals surface area contributed by atoms with E-state index in [1.54, 1.807) is 6.92 Å². The van der Waals surface area contributed by atoms with Crippen molar-refractivity contribution in [1.82, 2.24) is 4.90 Å². The fraction of sp³-hybridized carbons (Fsp3) is 0.583. The van der Waals surface area contributed by atoms with Crippen molar-refractivity contribution in [3.63, 3.8) is 0 Å². The van der Waals surface area contributed by atoms with Crippen molar-refractivity contribution in [1.29, 1.82) is 0 Å². The zero-order valence-electron chi connectivity index (χ0n) is 9.75. The monoisotopic (exact) mass is 225 g/mol. The van der Waals surface area contributed by atoms with Gasteiger partial charge in [-0.3, -0.25) is 4.79 Å². The molecule has 0 radical (unpaired) electrons.